The minimum Gasteiger partial charge on any atom is -0.357 e. The molecule has 26 heavy (non-hydrogen) atoms. The first-order chi connectivity index (χ1) is 12.2. The fourth-order valence-corrected chi connectivity index (χ4v) is 3.96. The Morgan fingerprint density at radius 2 is 2.31 bits per heavy atom. The van der Waals surface area contributed by atoms with Gasteiger partial charge in [-0.2, -0.15) is 16.7 Å². The molecule has 1 unspecified atom stereocenters. The Balaban J connectivity index is 0.00000243. The fourth-order valence-electron chi connectivity index (χ4n) is 2.57. The maximum atomic E-state index is 6.00. The second-order valence-electron chi connectivity index (χ2n) is 5.73. The van der Waals surface area contributed by atoms with Crippen LogP contribution in [0.5, 0.6) is 0 Å². The largest absolute Gasteiger partial charge is 0.357 e. The highest BCUT2D eigenvalue weighted by atomic mass is 127. The van der Waals surface area contributed by atoms with Crippen molar-refractivity contribution < 1.29 is 4.52 Å². The van der Waals surface area contributed by atoms with E-state index in [1.165, 1.54) is 18.6 Å². The number of aliphatic imine (C=N–C) groups is 1. The third-order valence-electron chi connectivity index (χ3n) is 3.79. The molecule has 0 spiro atoms. The van der Waals surface area contributed by atoms with Crippen molar-refractivity contribution in [2.45, 2.75) is 31.6 Å². The summed E-state index contributed by atoms with van der Waals surface area (Å²) in [4.78, 5) is 8.92. The molecule has 2 aromatic rings. The average molecular weight is 508 g/mol. The number of hydrogen-bond donors (Lipinski definition) is 2. The Kier molecular flexibility index (Phi) is 9.00. The van der Waals surface area contributed by atoms with E-state index in [2.05, 4.69) is 25.8 Å². The van der Waals surface area contributed by atoms with Crippen LogP contribution in [0.1, 0.15) is 25.7 Å². The smallest absolute Gasteiger partial charge is 0.248 e. The minimum atomic E-state index is 0. The van der Waals surface area contributed by atoms with Crippen LogP contribution in [-0.2, 0) is 6.54 Å². The van der Waals surface area contributed by atoms with Crippen molar-refractivity contribution in [3.63, 3.8) is 0 Å². The first kappa shape index (κ1) is 21.3. The van der Waals surface area contributed by atoms with E-state index in [1.807, 2.05) is 43.0 Å². The monoisotopic (exact) mass is 507 g/mol. The van der Waals surface area contributed by atoms with E-state index in [0.29, 0.717) is 28.5 Å². The molecule has 0 amide bonds. The molecule has 1 atom stereocenters. The van der Waals surface area contributed by atoms with Crippen molar-refractivity contribution in [1.82, 2.24) is 20.8 Å². The predicted octanol–water partition coefficient (Wildman–Crippen LogP) is 3.96. The summed E-state index contributed by atoms with van der Waals surface area (Å²) in [5.41, 5.74) is 0.828. The average Bonchev–Trinajstić information content (AvgIpc) is 3.29. The van der Waals surface area contributed by atoms with E-state index in [4.69, 9.17) is 16.1 Å². The number of rotatable bonds is 6. The molecule has 3 rings (SSSR count). The van der Waals surface area contributed by atoms with Gasteiger partial charge in [0.15, 0.2) is 5.96 Å². The Bertz CT molecular complexity index is 721. The summed E-state index contributed by atoms with van der Waals surface area (Å²) in [6.45, 7) is 4.11. The number of hydrogen-bond acceptors (Lipinski definition) is 5. The van der Waals surface area contributed by atoms with Gasteiger partial charge in [-0.3, -0.25) is 0 Å². The van der Waals surface area contributed by atoms with E-state index in [1.54, 1.807) is 0 Å². The molecule has 1 aromatic carbocycles. The van der Waals surface area contributed by atoms with E-state index in [-0.39, 0.29) is 24.0 Å². The molecule has 0 saturated carbocycles. The van der Waals surface area contributed by atoms with Crippen LogP contribution in [0.25, 0.3) is 11.4 Å². The number of halogens is 2. The normalized spacial score (nSPS) is 17.0. The number of aromatic nitrogens is 2. The molecule has 1 aromatic heterocycles. The summed E-state index contributed by atoms with van der Waals surface area (Å²) >= 11 is 8.02. The highest BCUT2D eigenvalue weighted by Gasteiger charge is 2.15. The summed E-state index contributed by atoms with van der Waals surface area (Å²) in [7, 11) is 0. The third kappa shape index (κ3) is 6.31. The first-order valence-corrected chi connectivity index (χ1v) is 9.89. The quantitative estimate of drug-likeness (QED) is 0.350. The van der Waals surface area contributed by atoms with Crippen molar-refractivity contribution in [2.75, 3.05) is 18.8 Å². The van der Waals surface area contributed by atoms with Crippen LogP contribution >= 0.6 is 47.3 Å². The molecule has 6 nitrogen and oxygen atoms in total. The molecule has 1 fully saturated rings. The third-order valence-corrected chi connectivity index (χ3v) is 5.42. The molecular weight excluding hydrogens is 485 g/mol. The highest BCUT2D eigenvalue weighted by Crippen LogP contribution is 2.25. The van der Waals surface area contributed by atoms with Gasteiger partial charge in [0.1, 0.15) is 6.54 Å². The van der Waals surface area contributed by atoms with Gasteiger partial charge >= 0.3 is 0 Å². The summed E-state index contributed by atoms with van der Waals surface area (Å²) < 4.78 is 5.29. The van der Waals surface area contributed by atoms with Crippen molar-refractivity contribution in [2.24, 2.45) is 4.99 Å². The van der Waals surface area contributed by atoms with Crippen LogP contribution in [-0.4, -0.2) is 40.2 Å². The van der Waals surface area contributed by atoms with E-state index in [9.17, 15) is 0 Å². The molecule has 142 valence electrons. The molecule has 2 heterocycles. The zero-order chi connectivity index (χ0) is 17.5. The van der Waals surface area contributed by atoms with E-state index in [0.717, 1.165) is 24.6 Å². The standard InChI is InChI=1S/C17H22ClN5OS.HI/c1-2-19-17(20-10-14-7-4-8-25-14)21-11-15-22-16(23-24-15)12-5-3-6-13(18)9-12;/h3,5-6,9,14H,2,4,7-8,10-11H2,1H3,(H2,19,20,21);1H. The van der Waals surface area contributed by atoms with Gasteiger partial charge in [0.25, 0.3) is 0 Å². The zero-order valence-electron chi connectivity index (χ0n) is 14.6. The topological polar surface area (TPSA) is 75.3 Å². The van der Waals surface area contributed by atoms with Crippen molar-refractivity contribution in [3.8, 4) is 11.4 Å². The molecule has 2 N–H and O–H groups in total. The lowest BCUT2D eigenvalue weighted by molar-refractivity contribution is 0.380. The predicted molar refractivity (Wildman–Crippen MR) is 118 cm³/mol. The SMILES string of the molecule is CCNC(=NCc1nc(-c2cccc(Cl)c2)no1)NCC1CCCS1.I. The lowest BCUT2D eigenvalue weighted by Crippen LogP contribution is -2.40. The maximum Gasteiger partial charge on any atom is 0.248 e. The van der Waals surface area contributed by atoms with Gasteiger partial charge in [-0.15, -0.1) is 24.0 Å². The number of thioether (sulfide) groups is 1. The van der Waals surface area contributed by atoms with Crippen LogP contribution in [0.2, 0.25) is 5.02 Å². The zero-order valence-corrected chi connectivity index (χ0v) is 18.5. The molecular formula is C17H23ClIN5OS. The van der Waals surface area contributed by atoms with Crippen LogP contribution in [0, 0.1) is 0 Å². The Morgan fingerprint density at radius 3 is 3.04 bits per heavy atom. The first-order valence-electron chi connectivity index (χ1n) is 8.47. The fraction of sp³-hybridized carbons (Fsp3) is 0.471. The summed E-state index contributed by atoms with van der Waals surface area (Å²) in [5, 5.41) is 11.9. The Morgan fingerprint density at radius 1 is 1.42 bits per heavy atom. The molecule has 1 saturated heterocycles. The van der Waals surface area contributed by atoms with Gasteiger partial charge in [-0.1, -0.05) is 28.9 Å². The van der Waals surface area contributed by atoms with E-state index >= 15 is 0 Å². The number of guanidine groups is 1. The van der Waals surface area contributed by atoms with Gasteiger partial charge in [-0.25, -0.2) is 4.99 Å². The lowest BCUT2D eigenvalue weighted by atomic mass is 10.2. The van der Waals surface area contributed by atoms with Crippen LogP contribution in [0.3, 0.4) is 0 Å². The van der Waals surface area contributed by atoms with Crippen molar-refractivity contribution >= 4 is 53.3 Å². The second-order valence-corrected chi connectivity index (χ2v) is 7.58. The van der Waals surface area contributed by atoms with Gasteiger partial charge in [-0.05, 0) is 37.7 Å². The summed E-state index contributed by atoms with van der Waals surface area (Å²) in [6.07, 6.45) is 2.57. The Labute approximate surface area is 180 Å². The van der Waals surface area contributed by atoms with E-state index < -0.39 is 0 Å². The molecule has 1 aliphatic rings. The van der Waals surface area contributed by atoms with Gasteiger partial charge in [0.05, 0.1) is 0 Å². The van der Waals surface area contributed by atoms with Crippen molar-refractivity contribution in [3.05, 3.63) is 35.2 Å². The lowest BCUT2D eigenvalue weighted by Gasteiger charge is -2.14. The molecule has 9 heteroatoms. The van der Waals surface area contributed by atoms with Crippen molar-refractivity contribution in [1.29, 1.82) is 0 Å². The number of benzene rings is 1. The van der Waals surface area contributed by atoms with Crippen LogP contribution in [0.4, 0.5) is 0 Å². The van der Waals surface area contributed by atoms with Gasteiger partial charge in [0.2, 0.25) is 11.7 Å². The van der Waals surface area contributed by atoms with Crippen LogP contribution in [0.15, 0.2) is 33.8 Å². The number of nitrogens with one attached hydrogen (secondary N) is 2. The highest BCUT2D eigenvalue weighted by molar-refractivity contribution is 14.0. The maximum absolute atomic E-state index is 6.00. The second kappa shape index (κ2) is 11.0. The molecule has 0 radical (unpaired) electrons. The van der Waals surface area contributed by atoms with Gasteiger partial charge < -0.3 is 15.2 Å². The van der Waals surface area contributed by atoms with Gasteiger partial charge in [0, 0.05) is 28.9 Å². The molecule has 1 aliphatic heterocycles. The summed E-state index contributed by atoms with van der Waals surface area (Å²) in [5.74, 6) is 3.03. The molecule has 0 aliphatic carbocycles. The van der Waals surface area contributed by atoms with Crippen LogP contribution < -0.4 is 10.6 Å². The number of nitrogens with zero attached hydrogens (tertiary/aromatic N) is 3. The molecule has 0 bridgehead atoms. The Hall–Kier alpha value is -1.000. The minimum absolute atomic E-state index is 0. The summed E-state index contributed by atoms with van der Waals surface area (Å²) in [6, 6.07) is 7.38.